The van der Waals surface area contributed by atoms with Crippen molar-refractivity contribution >= 4 is 39.6 Å². The Balaban J connectivity index is 1.42. The predicted molar refractivity (Wildman–Crippen MR) is 168 cm³/mol. The van der Waals surface area contributed by atoms with E-state index >= 15 is 0 Å². The molecule has 1 aromatic heterocycles. The molecule has 2 heterocycles. The van der Waals surface area contributed by atoms with Gasteiger partial charge in [-0.25, -0.2) is 4.39 Å². The molecule has 222 valence electrons. The molecule has 8 nitrogen and oxygen atoms in total. The topological polar surface area (TPSA) is 91.7 Å². The number of likely N-dealkylation sites (N-methyl/N-ethyl adjacent to an activating group) is 1. The number of pyridine rings is 1. The van der Waals surface area contributed by atoms with Crippen LogP contribution >= 0.6 is 11.6 Å². The zero-order valence-electron chi connectivity index (χ0n) is 24.1. The summed E-state index contributed by atoms with van der Waals surface area (Å²) in [5, 5.41) is 17.9. The van der Waals surface area contributed by atoms with Crippen molar-refractivity contribution in [2.75, 3.05) is 51.0 Å². The summed E-state index contributed by atoms with van der Waals surface area (Å²) in [6, 6.07) is 17.6. The molecule has 1 fully saturated rings. The molecule has 5 rings (SSSR count). The molecule has 1 unspecified atom stereocenters. The summed E-state index contributed by atoms with van der Waals surface area (Å²) < 4.78 is 31.2. The first kappa shape index (κ1) is 30.1. The number of anilines is 3. The van der Waals surface area contributed by atoms with Gasteiger partial charge in [0.05, 0.1) is 40.7 Å². The maximum atomic E-state index is 13.5. The number of ether oxygens (including phenoxy) is 3. The smallest absolute Gasteiger partial charge is 0.145 e. The maximum Gasteiger partial charge on any atom is 0.145 e. The van der Waals surface area contributed by atoms with E-state index in [0.717, 1.165) is 24.0 Å². The van der Waals surface area contributed by atoms with E-state index in [1.165, 1.54) is 12.1 Å². The third kappa shape index (κ3) is 7.93. The molecule has 0 saturated carbocycles. The Kier molecular flexibility index (Phi) is 9.95. The van der Waals surface area contributed by atoms with Crippen LogP contribution in [-0.4, -0.2) is 56.4 Å². The minimum Gasteiger partial charge on any atom is -0.487 e. The summed E-state index contributed by atoms with van der Waals surface area (Å²) in [5.74, 6) is 0.813. The summed E-state index contributed by atoms with van der Waals surface area (Å²) in [7, 11) is 4.04. The molecule has 43 heavy (non-hydrogen) atoms. The lowest BCUT2D eigenvalue weighted by Gasteiger charge is -2.19. The van der Waals surface area contributed by atoms with Crippen LogP contribution in [0, 0.1) is 17.1 Å². The second-order valence-corrected chi connectivity index (χ2v) is 10.8. The molecule has 0 bridgehead atoms. The van der Waals surface area contributed by atoms with Gasteiger partial charge in [0.25, 0.3) is 0 Å². The summed E-state index contributed by atoms with van der Waals surface area (Å²) in [6.45, 7) is 2.82. The monoisotopic (exact) mass is 601 g/mol. The van der Waals surface area contributed by atoms with Crippen LogP contribution in [0.4, 0.5) is 21.5 Å². The highest BCUT2D eigenvalue weighted by molar-refractivity contribution is 6.32. The number of rotatable bonds is 12. The van der Waals surface area contributed by atoms with E-state index in [4.69, 9.17) is 25.8 Å². The van der Waals surface area contributed by atoms with Crippen LogP contribution in [0.2, 0.25) is 5.02 Å². The third-order valence-electron chi connectivity index (χ3n) is 6.80. The average molecular weight is 602 g/mol. The van der Waals surface area contributed by atoms with Crippen LogP contribution < -0.4 is 20.1 Å². The van der Waals surface area contributed by atoms with Crippen molar-refractivity contribution in [1.82, 2.24) is 9.88 Å². The van der Waals surface area contributed by atoms with Crippen molar-refractivity contribution in [3.05, 3.63) is 94.9 Å². The number of nitrogens with one attached hydrogen (secondary N) is 2. The summed E-state index contributed by atoms with van der Waals surface area (Å²) in [6.07, 6.45) is 6.48. The minimum atomic E-state index is -0.324. The van der Waals surface area contributed by atoms with Crippen LogP contribution in [0.15, 0.2) is 72.9 Å². The van der Waals surface area contributed by atoms with Gasteiger partial charge in [-0.2, -0.15) is 5.26 Å². The van der Waals surface area contributed by atoms with E-state index in [9.17, 15) is 9.65 Å². The lowest BCUT2D eigenvalue weighted by Crippen LogP contribution is -2.17. The van der Waals surface area contributed by atoms with Gasteiger partial charge >= 0.3 is 0 Å². The molecule has 1 aliphatic rings. The third-order valence-corrected chi connectivity index (χ3v) is 7.10. The van der Waals surface area contributed by atoms with Gasteiger partial charge in [-0.1, -0.05) is 35.9 Å². The molecule has 0 aliphatic carbocycles. The standard InChI is InChI=1S/C33H33ClFN5O3/c1-40(2)12-4-3-11-37-30-16-27-29(17-32(30)43-26-10-13-41-21-26)38-19-23(18-36)33(27)39-25-8-9-31(28(34)15-25)42-20-22-6-5-7-24(35)14-22/h3-9,14-17,19,26,37H,10-13,20-21H2,1-2H3,(H,38,39)/b4-3+. The molecule has 0 spiro atoms. The first-order chi connectivity index (χ1) is 20.9. The zero-order valence-corrected chi connectivity index (χ0v) is 24.8. The molecular weight excluding hydrogens is 569 g/mol. The van der Waals surface area contributed by atoms with E-state index < -0.39 is 0 Å². The molecule has 0 amide bonds. The molecule has 1 aliphatic heterocycles. The SMILES string of the molecule is CN(C)C/C=C/CNc1cc2c(Nc3ccc(OCc4cccc(F)c4)c(Cl)c3)c(C#N)cnc2cc1OC1CCOC1. The van der Waals surface area contributed by atoms with Crippen molar-refractivity contribution in [1.29, 1.82) is 5.26 Å². The number of benzene rings is 3. The molecule has 1 atom stereocenters. The zero-order chi connectivity index (χ0) is 30.2. The Morgan fingerprint density at radius 1 is 1.16 bits per heavy atom. The van der Waals surface area contributed by atoms with Crippen LogP contribution in [0.25, 0.3) is 10.9 Å². The molecule has 1 saturated heterocycles. The van der Waals surface area contributed by atoms with Gasteiger partial charge in [0.15, 0.2) is 0 Å². The molecular formula is C33H33ClFN5O3. The first-order valence-corrected chi connectivity index (χ1v) is 14.4. The second-order valence-electron chi connectivity index (χ2n) is 10.4. The lowest BCUT2D eigenvalue weighted by molar-refractivity contribution is 0.142. The molecule has 4 aromatic rings. The quantitative estimate of drug-likeness (QED) is 0.169. The molecule has 10 heteroatoms. The van der Waals surface area contributed by atoms with Crippen molar-refractivity contribution < 1.29 is 18.6 Å². The number of aromatic nitrogens is 1. The number of nitriles is 1. The Labute approximate surface area is 255 Å². The number of halogens is 2. The van der Waals surface area contributed by atoms with Crippen LogP contribution in [0.5, 0.6) is 11.5 Å². The van der Waals surface area contributed by atoms with Gasteiger partial charge in [0, 0.05) is 42.8 Å². The predicted octanol–water partition coefficient (Wildman–Crippen LogP) is 6.92. The molecule has 0 radical (unpaired) electrons. The molecule has 3 aromatic carbocycles. The Morgan fingerprint density at radius 3 is 2.79 bits per heavy atom. The highest BCUT2D eigenvalue weighted by atomic mass is 35.5. The van der Waals surface area contributed by atoms with Crippen molar-refractivity contribution in [3.8, 4) is 17.6 Å². The summed E-state index contributed by atoms with van der Waals surface area (Å²) in [5.41, 5.74) is 3.79. The van der Waals surface area contributed by atoms with E-state index in [2.05, 4.69) is 38.7 Å². The van der Waals surface area contributed by atoms with Gasteiger partial charge in [-0.15, -0.1) is 0 Å². The lowest BCUT2D eigenvalue weighted by atomic mass is 10.1. The fraction of sp³-hybridized carbons (Fsp3) is 0.273. The normalized spacial score (nSPS) is 14.7. The Bertz CT molecular complexity index is 1650. The summed E-state index contributed by atoms with van der Waals surface area (Å²) >= 11 is 6.55. The highest BCUT2D eigenvalue weighted by Gasteiger charge is 2.21. The van der Waals surface area contributed by atoms with Crippen molar-refractivity contribution in [3.63, 3.8) is 0 Å². The van der Waals surface area contributed by atoms with E-state index in [1.54, 1.807) is 30.5 Å². The number of hydrogen-bond acceptors (Lipinski definition) is 8. The van der Waals surface area contributed by atoms with E-state index in [1.807, 2.05) is 32.3 Å². The van der Waals surface area contributed by atoms with Crippen molar-refractivity contribution in [2.45, 2.75) is 19.1 Å². The number of nitrogens with zero attached hydrogens (tertiary/aromatic N) is 3. The van der Waals surface area contributed by atoms with Crippen molar-refractivity contribution in [2.24, 2.45) is 0 Å². The fourth-order valence-electron chi connectivity index (χ4n) is 4.63. The van der Waals surface area contributed by atoms with Gasteiger partial charge in [-0.05, 0) is 56.1 Å². The van der Waals surface area contributed by atoms with Gasteiger partial charge < -0.3 is 29.7 Å². The van der Waals surface area contributed by atoms with Gasteiger partial charge in [0.1, 0.15) is 36.1 Å². The maximum absolute atomic E-state index is 13.5. The number of hydrogen-bond donors (Lipinski definition) is 2. The van der Waals surface area contributed by atoms with E-state index in [0.29, 0.717) is 64.3 Å². The second kappa shape index (κ2) is 14.2. The average Bonchev–Trinajstić information content (AvgIpc) is 3.50. The fourth-order valence-corrected chi connectivity index (χ4v) is 4.86. The highest BCUT2D eigenvalue weighted by Crippen LogP contribution is 2.38. The Hall–Kier alpha value is -4.36. The van der Waals surface area contributed by atoms with Crippen LogP contribution in [0.3, 0.4) is 0 Å². The summed E-state index contributed by atoms with van der Waals surface area (Å²) in [4.78, 5) is 6.64. The van der Waals surface area contributed by atoms with Gasteiger partial charge in [0.2, 0.25) is 0 Å². The number of fused-ring (bicyclic) bond motifs is 1. The largest absolute Gasteiger partial charge is 0.487 e. The first-order valence-electron chi connectivity index (χ1n) is 14.0. The minimum absolute atomic E-state index is 0.0398. The van der Waals surface area contributed by atoms with E-state index in [-0.39, 0.29) is 18.5 Å². The van der Waals surface area contributed by atoms with Crippen LogP contribution in [0.1, 0.15) is 17.5 Å². The van der Waals surface area contributed by atoms with Crippen LogP contribution in [-0.2, 0) is 11.3 Å². The Morgan fingerprint density at radius 2 is 2.05 bits per heavy atom. The molecule has 2 N–H and O–H groups in total. The van der Waals surface area contributed by atoms with Gasteiger partial charge in [-0.3, -0.25) is 4.98 Å².